The second-order valence-corrected chi connectivity index (χ2v) is 18.8. The van der Waals surface area contributed by atoms with E-state index in [1.807, 2.05) is 0 Å². The third-order valence-corrected chi connectivity index (χ3v) is 12.0. The standard InChI is InChI=1S/C57H98NO8P/c1-3-5-7-9-11-13-15-17-19-21-22-23-24-25-26-27-28-29-30-31-32-34-36-38-40-42-44-46-48-50-57(60)66-55(54-65-67(61,62)64-52-51-58)53-63-56(59)49-47-45-43-41-39-37-35-33-20-18-16-14-12-10-8-6-4-2/h5,7,11,13,17,19,22-23,25-26,28-29,31-32,36,38,55H,3-4,6,8-10,12,14-16,18,20-21,24,27,30,33-35,37,39-54,58H2,1-2H3,(H,61,62)/b7-5-,13-11-,19-17-,23-22-,26-25-,29-28-,32-31-,38-36-. The van der Waals surface area contributed by atoms with Gasteiger partial charge in [-0.15, -0.1) is 0 Å². The highest BCUT2D eigenvalue weighted by Crippen LogP contribution is 2.43. The second-order valence-electron chi connectivity index (χ2n) is 17.4. The average Bonchev–Trinajstić information content (AvgIpc) is 3.32. The number of unbranched alkanes of at least 4 members (excludes halogenated alkanes) is 20. The van der Waals surface area contributed by atoms with Crippen LogP contribution in [0.1, 0.15) is 219 Å². The molecular weight excluding hydrogens is 858 g/mol. The molecule has 2 atom stereocenters. The number of esters is 2. The number of phosphoric ester groups is 1. The number of hydrogen-bond donors (Lipinski definition) is 2. The summed E-state index contributed by atoms with van der Waals surface area (Å²) in [6.07, 6.45) is 68.7. The maximum atomic E-state index is 12.7. The number of carbonyl (C=O) groups is 2. The van der Waals surface area contributed by atoms with Crippen molar-refractivity contribution in [2.45, 2.75) is 225 Å². The smallest absolute Gasteiger partial charge is 0.462 e. The van der Waals surface area contributed by atoms with Gasteiger partial charge in [0.25, 0.3) is 0 Å². The van der Waals surface area contributed by atoms with Crippen molar-refractivity contribution < 1.29 is 37.6 Å². The topological polar surface area (TPSA) is 134 Å². The Morgan fingerprint density at radius 2 is 0.821 bits per heavy atom. The molecular formula is C57H98NO8P. The summed E-state index contributed by atoms with van der Waals surface area (Å²) in [5.41, 5.74) is 5.37. The van der Waals surface area contributed by atoms with Gasteiger partial charge in [-0.05, 0) is 77.0 Å². The summed E-state index contributed by atoms with van der Waals surface area (Å²) in [4.78, 5) is 35.1. The van der Waals surface area contributed by atoms with Crippen molar-refractivity contribution in [3.63, 3.8) is 0 Å². The predicted molar refractivity (Wildman–Crippen MR) is 284 cm³/mol. The van der Waals surface area contributed by atoms with Crippen LogP contribution in [-0.2, 0) is 32.7 Å². The first-order valence-electron chi connectivity index (χ1n) is 26.7. The third kappa shape index (κ3) is 52.2. The number of allylic oxidation sites excluding steroid dienone is 16. The van der Waals surface area contributed by atoms with E-state index in [0.29, 0.717) is 6.42 Å². The van der Waals surface area contributed by atoms with Crippen LogP contribution in [0.4, 0.5) is 0 Å². The van der Waals surface area contributed by atoms with Gasteiger partial charge in [0, 0.05) is 19.4 Å². The minimum absolute atomic E-state index is 0.0449. The maximum Gasteiger partial charge on any atom is 0.472 e. The molecule has 0 aliphatic rings. The van der Waals surface area contributed by atoms with E-state index in [-0.39, 0.29) is 38.6 Å². The first-order valence-corrected chi connectivity index (χ1v) is 28.2. The molecule has 0 bridgehead atoms. The van der Waals surface area contributed by atoms with Crippen molar-refractivity contribution in [1.82, 2.24) is 0 Å². The first kappa shape index (κ1) is 63.9. The quantitative estimate of drug-likeness (QED) is 0.0264. The second kappa shape index (κ2) is 52.3. The van der Waals surface area contributed by atoms with Crippen LogP contribution in [0.2, 0.25) is 0 Å². The molecule has 67 heavy (non-hydrogen) atoms. The van der Waals surface area contributed by atoms with Gasteiger partial charge in [-0.25, -0.2) is 4.57 Å². The SMILES string of the molecule is CC/C=C\C/C=C\C/C=C\C/C=C\C/C=C\C/C=C\C/C=C\C/C=C\CCCCCCC(=O)OC(COC(=O)CCCCCCCCCCCCCCCCCCC)COP(=O)(O)OCCN. The lowest BCUT2D eigenvalue weighted by Gasteiger charge is -2.19. The highest BCUT2D eigenvalue weighted by molar-refractivity contribution is 7.47. The highest BCUT2D eigenvalue weighted by Gasteiger charge is 2.26. The molecule has 3 N–H and O–H groups in total. The molecule has 0 amide bonds. The van der Waals surface area contributed by atoms with Gasteiger partial charge in [-0.3, -0.25) is 18.6 Å². The molecule has 0 aliphatic heterocycles. The Morgan fingerprint density at radius 1 is 0.463 bits per heavy atom. The van der Waals surface area contributed by atoms with Gasteiger partial charge >= 0.3 is 19.8 Å². The van der Waals surface area contributed by atoms with Crippen LogP contribution in [0.25, 0.3) is 0 Å². The van der Waals surface area contributed by atoms with Gasteiger partial charge in [-0.2, -0.15) is 0 Å². The van der Waals surface area contributed by atoms with Crippen molar-refractivity contribution in [1.29, 1.82) is 0 Å². The summed E-state index contributed by atoms with van der Waals surface area (Å²) in [5, 5.41) is 0. The van der Waals surface area contributed by atoms with Crippen molar-refractivity contribution >= 4 is 19.8 Å². The van der Waals surface area contributed by atoms with E-state index in [9.17, 15) is 19.0 Å². The first-order chi connectivity index (χ1) is 32.8. The van der Waals surface area contributed by atoms with Crippen LogP contribution < -0.4 is 5.73 Å². The van der Waals surface area contributed by atoms with Gasteiger partial charge < -0.3 is 20.1 Å². The van der Waals surface area contributed by atoms with Crippen LogP contribution in [-0.4, -0.2) is 49.3 Å². The zero-order valence-corrected chi connectivity index (χ0v) is 43.5. The van der Waals surface area contributed by atoms with Crippen molar-refractivity contribution in [2.75, 3.05) is 26.4 Å². The summed E-state index contributed by atoms with van der Waals surface area (Å²) in [6, 6.07) is 0. The molecule has 384 valence electrons. The molecule has 0 aromatic heterocycles. The monoisotopic (exact) mass is 956 g/mol. The molecule has 0 heterocycles. The molecule has 10 heteroatoms. The van der Waals surface area contributed by atoms with Crippen LogP contribution in [0, 0.1) is 0 Å². The minimum atomic E-state index is -4.40. The lowest BCUT2D eigenvalue weighted by molar-refractivity contribution is -0.161. The third-order valence-electron chi connectivity index (χ3n) is 11.0. The fourth-order valence-corrected chi connectivity index (χ4v) is 7.83. The Labute approximate surface area is 410 Å². The maximum absolute atomic E-state index is 12.7. The molecule has 9 nitrogen and oxygen atoms in total. The van der Waals surface area contributed by atoms with Crippen LogP contribution in [0.5, 0.6) is 0 Å². The van der Waals surface area contributed by atoms with Gasteiger partial charge in [0.1, 0.15) is 6.61 Å². The van der Waals surface area contributed by atoms with Crippen molar-refractivity contribution in [2.24, 2.45) is 5.73 Å². The van der Waals surface area contributed by atoms with Crippen LogP contribution in [0.3, 0.4) is 0 Å². The largest absolute Gasteiger partial charge is 0.472 e. The normalized spacial score (nSPS) is 13.9. The summed E-state index contributed by atoms with van der Waals surface area (Å²) >= 11 is 0. The van der Waals surface area contributed by atoms with Crippen molar-refractivity contribution in [3.8, 4) is 0 Å². The Morgan fingerprint density at radius 3 is 1.22 bits per heavy atom. The van der Waals surface area contributed by atoms with Gasteiger partial charge in [0.05, 0.1) is 13.2 Å². The number of ether oxygens (including phenoxy) is 2. The zero-order valence-electron chi connectivity index (χ0n) is 42.6. The molecule has 0 rings (SSSR count). The molecule has 0 spiro atoms. The molecule has 0 saturated carbocycles. The van der Waals surface area contributed by atoms with Gasteiger partial charge in [-0.1, -0.05) is 227 Å². The number of phosphoric acid groups is 1. The van der Waals surface area contributed by atoms with E-state index < -0.39 is 26.5 Å². The Balaban J connectivity index is 4.12. The van der Waals surface area contributed by atoms with Crippen molar-refractivity contribution in [3.05, 3.63) is 97.2 Å². The number of hydrogen-bond acceptors (Lipinski definition) is 8. The van der Waals surface area contributed by atoms with E-state index in [1.54, 1.807) is 0 Å². The van der Waals surface area contributed by atoms with Crippen LogP contribution in [0.15, 0.2) is 97.2 Å². The fraction of sp³-hybridized carbons (Fsp3) is 0.684. The molecule has 0 saturated heterocycles. The summed E-state index contributed by atoms with van der Waals surface area (Å²) < 4.78 is 32.9. The molecule has 0 aromatic rings. The Hall–Kier alpha value is -3.07. The molecule has 0 aliphatic carbocycles. The molecule has 0 fully saturated rings. The summed E-state index contributed by atoms with van der Waals surface area (Å²) in [7, 11) is -4.40. The fourth-order valence-electron chi connectivity index (χ4n) is 7.06. The Bertz CT molecular complexity index is 1410. The van der Waals surface area contributed by atoms with E-state index in [0.717, 1.165) is 96.3 Å². The number of carbonyl (C=O) groups excluding carboxylic acids is 2. The van der Waals surface area contributed by atoms with E-state index >= 15 is 0 Å². The lowest BCUT2D eigenvalue weighted by Crippen LogP contribution is -2.29. The summed E-state index contributed by atoms with van der Waals surface area (Å²) in [5.74, 6) is -0.858. The number of rotatable bonds is 49. The lowest BCUT2D eigenvalue weighted by atomic mass is 10.0. The predicted octanol–water partition coefficient (Wildman–Crippen LogP) is 16.5. The Kier molecular flexibility index (Phi) is 49.9. The highest BCUT2D eigenvalue weighted by atomic mass is 31.2. The van der Waals surface area contributed by atoms with Gasteiger partial charge in [0.2, 0.25) is 0 Å². The average molecular weight is 956 g/mol. The minimum Gasteiger partial charge on any atom is -0.462 e. The molecule has 0 radical (unpaired) electrons. The van der Waals surface area contributed by atoms with Gasteiger partial charge in [0.15, 0.2) is 6.10 Å². The molecule has 0 aromatic carbocycles. The summed E-state index contributed by atoms with van der Waals surface area (Å²) in [6.45, 7) is 3.60. The van der Waals surface area contributed by atoms with Crippen LogP contribution >= 0.6 is 7.82 Å². The van der Waals surface area contributed by atoms with E-state index in [2.05, 4.69) is 111 Å². The molecule has 2 unspecified atom stereocenters. The van der Waals surface area contributed by atoms with E-state index in [4.69, 9.17) is 24.3 Å². The van der Waals surface area contributed by atoms with E-state index in [1.165, 1.54) is 89.9 Å². The zero-order chi connectivity index (χ0) is 48.8. The number of nitrogens with two attached hydrogens (primary N) is 1.